The minimum Gasteiger partial charge on any atom is -0.494 e. The average molecular weight is 731 g/mol. The maximum Gasteiger partial charge on any atom is 0.249 e. The standard InChI is InChI=1S/C38H56BrN3O6/c1-9-20-40(26-16-18-27(19-17-26)47-11-3)33(44)29-30-34(45)41(22-14-12-13-15-23-43)32(38(30)24-28(39)31(29)48-38)35(46)42(21-10-2)37(7,8)25-36(4,5)6/h9-10,16-19,28-32,43H,1-2,11-15,20-25H2,3-8H3/t28?,29-,30-,31-,32?,38?/m0/s1. The number of aliphatic hydroxyl groups excluding tert-OH is 1. The number of halogens is 1. The summed E-state index contributed by atoms with van der Waals surface area (Å²) in [7, 11) is 0. The Bertz CT molecular complexity index is 1330. The van der Waals surface area contributed by atoms with Gasteiger partial charge in [0.1, 0.15) is 17.4 Å². The molecule has 48 heavy (non-hydrogen) atoms. The average Bonchev–Trinajstić information content (AvgIpc) is 3.60. The number of unbranched alkanes of at least 4 members (excludes halogenated alkanes) is 3. The first-order valence-corrected chi connectivity index (χ1v) is 18.4. The number of nitrogens with zero attached hydrogens (tertiary/aromatic N) is 3. The molecule has 3 saturated heterocycles. The number of anilines is 1. The van der Waals surface area contributed by atoms with Crippen molar-refractivity contribution in [3.05, 3.63) is 49.6 Å². The van der Waals surface area contributed by atoms with Gasteiger partial charge in [0, 0.05) is 42.3 Å². The number of benzene rings is 1. The van der Waals surface area contributed by atoms with Crippen LogP contribution in [0.4, 0.5) is 5.69 Å². The molecule has 1 aromatic rings. The van der Waals surface area contributed by atoms with Gasteiger partial charge in [0.15, 0.2) is 0 Å². The first-order valence-electron chi connectivity index (χ1n) is 17.5. The molecule has 4 rings (SSSR count). The van der Waals surface area contributed by atoms with E-state index in [1.165, 1.54) is 0 Å². The van der Waals surface area contributed by atoms with Crippen LogP contribution in [0.15, 0.2) is 49.6 Å². The summed E-state index contributed by atoms with van der Waals surface area (Å²) in [6, 6.07) is 6.46. The Hall–Kier alpha value is -2.69. The van der Waals surface area contributed by atoms with Gasteiger partial charge in [-0.1, -0.05) is 61.7 Å². The minimum absolute atomic E-state index is 0.0574. The van der Waals surface area contributed by atoms with E-state index >= 15 is 4.79 Å². The summed E-state index contributed by atoms with van der Waals surface area (Å²) in [5, 5.41) is 9.30. The largest absolute Gasteiger partial charge is 0.494 e. The van der Waals surface area contributed by atoms with Gasteiger partial charge in [-0.15, -0.1) is 13.2 Å². The number of likely N-dealkylation sites (tertiary alicyclic amines) is 1. The number of rotatable bonds is 17. The molecule has 9 nitrogen and oxygen atoms in total. The lowest BCUT2D eigenvalue weighted by Crippen LogP contribution is -2.61. The van der Waals surface area contributed by atoms with Crippen LogP contribution in [0.5, 0.6) is 5.75 Å². The molecule has 1 aromatic carbocycles. The number of aliphatic hydroxyl groups is 1. The van der Waals surface area contributed by atoms with Crippen LogP contribution in [0, 0.1) is 17.3 Å². The van der Waals surface area contributed by atoms with E-state index in [1.54, 1.807) is 22.0 Å². The van der Waals surface area contributed by atoms with Gasteiger partial charge in [0.05, 0.1) is 24.5 Å². The first-order chi connectivity index (χ1) is 22.7. The Morgan fingerprint density at radius 2 is 1.71 bits per heavy atom. The highest BCUT2D eigenvalue weighted by Crippen LogP contribution is 2.61. The molecule has 2 bridgehead atoms. The van der Waals surface area contributed by atoms with Crippen molar-refractivity contribution in [1.29, 1.82) is 0 Å². The summed E-state index contributed by atoms with van der Waals surface area (Å²) in [5.74, 6) is -1.48. The molecule has 3 heterocycles. The highest BCUT2D eigenvalue weighted by atomic mass is 79.9. The lowest BCUT2D eigenvalue weighted by atomic mass is 9.70. The van der Waals surface area contributed by atoms with Crippen molar-refractivity contribution < 1.29 is 29.0 Å². The summed E-state index contributed by atoms with van der Waals surface area (Å²) in [5.41, 5.74) is -1.08. The van der Waals surface area contributed by atoms with Crippen LogP contribution in [0.1, 0.15) is 80.1 Å². The van der Waals surface area contributed by atoms with Crippen LogP contribution in [0.3, 0.4) is 0 Å². The molecule has 1 spiro atoms. The maximum atomic E-state index is 15.0. The van der Waals surface area contributed by atoms with Gasteiger partial charge in [-0.05, 0) is 76.1 Å². The van der Waals surface area contributed by atoms with Crippen LogP contribution < -0.4 is 9.64 Å². The topological polar surface area (TPSA) is 99.6 Å². The fourth-order valence-corrected chi connectivity index (χ4v) is 9.45. The van der Waals surface area contributed by atoms with Gasteiger partial charge < -0.3 is 29.3 Å². The normalized spacial score (nSPS) is 26.4. The van der Waals surface area contributed by atoms with Crippen molar-refractivity contribution in [2.24, 2.45) is 17.3 Å². The van der Waals surface area contributed by atoms with Crippen molar-refractivity contribution in [1.82, 2.24) is 9.80 Å². The number of fused-ring (bicyclic) bond motifs is 1. The molecule has 6 atom stereocenters. The van der Waals surface area contributed by atoms with Crippen molar-refractivity contribution >= 4 is 39.3 Å². The smallest absolute Gasteiger partial charge is 0.249 e. The highest BCUT2D eigenvalue weighted by molar-refractivity contribution is 9.09. The van der Waals surface area contributed by atoms with E-state index < -0.39 is 35.1 Å². The molecule has 1 N–H and O–H groups in total. The SMILES string of the molecule is C=CCN(C(=O)[C@H]1[C@H]2C(=O)N(CCCCCCO)C(C(=O)N(CC=C)C(C)(C)CC(C)(C)C)C23CC(Br)[C@@H]1O3)c1ccc(OCC)cc1. The predicted octanol–water partition coefficient (Wildman–Crippen LogP) is 6.13. The van der Waals surface area contributed by atoms with Crippen molar-refractivity contribution in [2.45, 2.75) is 108 Å². The van der Waals surface area contributed by atoms with E-state index in [9.17, 15) is 14.7 Å². The van der Waals surface area contributed by atoms with Crippen LogP contribution in [0.2, 0.25) is 0 Å². The number of carbonyl (C=O) groups excluding carboxylic acids is 3. The Kier molecular flexibility index (Phi) is 12.3. The fraction of sp³-hybridized carbons (Fsp3) is 0.658. The quantitative estimate of drug-likeness (QED) is 0.118. The molecule has 0 aliphatic carbocycles. The fourth-order valence-electron chi connectivity index (χ4n) is 8.51. The Labute approximate surface area is 295 Å². The molecule has 3 fully saturated rings. The predicted molar refractivity (Wildman–Crippen MR) is 193 cm³/mol. The van der Waals surface area contributed by atoms with Crippen LogP contribution in [0.25, 0.3) is 0 Å². The van der Waals surface area contributed by atoms with Gasteiger partial charge in [-0.2, -0.15) is 0 Å². The number of ether oxygens (including phenoxy) is 2. The second-order valence-electron chi connectivity index (χ2n) is 15.3. The summed E-state index contributed by atoms with van der Waals surface area (Å²) in [4.78, 5) is 49.5. The molecule has 10 heteroatoms. The van der Waals surface area contributed by atoms with Crippen molar-refractivity contribution in [3.8, 4) is 5.75 Å². The zero-order valence-electron chi connectivity index (χ0n) is 29.8. The molecular formula is C38H56BrN3O6. The van der Waals surface area contributed by atoms with Gasteiger partial charge in [0.2, 0.25) is 17.7 Å². The van der Waals surface area contributed by atoms with Crippen LogP contribution in [-0.4, -0.2) is 93.6 Å². The van der Waals surface area contributed by atoms with Crippen molar-refractivity contribution in [3.63, 3.8) is 0 Å². The van der Waals surface area contributed by atoms with Gasteiger partial charge in [-0.25, -0.2) is 0 Å². The van der Waals surface area contributed by atoms with E-state index in [1.807, 2.05) is 36.1 Å². The van der Waals surface area contributed by atoms with E-state index in [-0.39, 0.29) is 41.1 Å². The molecule has 0 radical (unpaired) electrons. The Morgan fingerprint density at radius 3 is 2.29 bits per heavy atom. The minimum atomic E-state index is -1.16. The Balaban J connectivity index is 1.76. The number of amides is 3. The second-order valence-corrected chi connectivity index (χ2v) is 16.5. The number of hydrogen-bond acceptors (Lipinski definition) is 6. The molecule has 266 valence electrons. The molecule has 0 saturated carbocycles. The number of hydrogen-bond donors (Lipinski definition) is 1. The third kappa shape index (κ3) is 7.55. The Morgan fingerprint density at radius 1 is 1.06 bits per heavy atom. The molecular weight excluding hydrogens is 674 g/mol. The summed E-state index contributed by atoms with van der Waals surface area (Å²) < 4.78 is 12.5. The third-order valence-electron chi connectivity index (χ3n) is 9.92. The van der Waals surface area contributed by atoms with E-state index in [0.29, 0.717) is 50.4 Å². The second kappa shape index (κ2) is 15.5. The van der Waals surface area contributed by atoms with E-state index in [4.69, 9.17) is 9.47 Å². The molecule has 3 aliphatic rings. The summed E-state index contributed by atoms with van der Waals surface area (Å²) in [6.45, 7) is 22.0. The maximum absolute atomic E-state index is 15.0. The lowest BCUT2D eigenvalue weighted by molar-refractivity contribution is -0.152. The summed E-state index contributed by atoms with van der Waals surface area (Å²) in [6.07, 6.45) is 7.04. The first kappa shape index (κ1) is 38.1. The highest BCUT2D eigenvalue weighted by Gasteiger charge is 2.77. The van der Waals surface area contributed by atoms with Crippen LogP contribution >= 0.6 is 15.9 Å². The molecule has 3 amide bonds. The third-order valence-corrected chi connectivity index (χ3v) is 10.8. The van der Waals surface area contributed by atoms with Gasteiger partial charge in [0.25, 0.3) is 0 Å². The lowest BCUT2D eigenvalue weighted by Gasteiger charge is -2.45. The molecule has 0 aromatic heterocycles. The van der Waals surface area contributed by atoms with E-state index in [0.717, 1.165) is 19.3 Å². The zero-order valence-corrected chi connectivity index (χ0v) is 31.3. The zero-order chi connectivity index (χ0) is 35.4. The number of alkyl halides is 1. The summed E-state index contributed by atoms with van der Waals surface area (Å²) >= 11 is 3.82. The van der Waals surface area contributed by atoms with Gasteiger partial charge in [-0.3, -0.25) is 14.4 Å². The van der Waals surface area contributed by atoms with E-state index in [2.05, 4.69) is 63.7 Å². The monoisotopic (exact) mass is 729 g/mol. The van der Waals surface area contributed by atoms with Gasteiger partial charge >= 0.3 is 0 Å². The number of carbonyl (C=O) groups is 3. The van der Waals surface area contributed by atoms with Crippen LogP contribution in [-0.2, 0) is 19.1 Å². The molecule has 3 unspecified atom stereocenters. The van der Waals surface area contributed by atoms with Crippen molar-refractivity contribution in [2.75, 3.05) is 37.7 Å². The molecule has 3 aliphatic heterocycles.